The lowest BCUT2D eigenvalue weighted by molar-refractivity contribution is 0.691. The number of nitrogens with two attached hydrogens (primary N) is 1. The van der Waals surface area contributed by atoms with E-state index >= 15 is 0 Å². The average Bonchev–Trinajstić information content (AvgIpc) is 2.41. The van der Waals surface area contributed by atoms with Crippen LogP contribution in [0.5, 0.6) is 0 Å². The van der Waals surface area contributed by atoms with Gasteiger partial charge in [-0.05, 0) is 54.3 Å². The minimum Gasteiger partial charge on any atom is -0.399 e. The summed E-state index contributed by atoms with van der Waals surface area (Å²) in [4.78, 5) is 2.45. The molecule has 2 aromatic carbocycles. The maximum absolute atomic E-state index is 5.87. The molecule has 0 bridgehead atoms. The van der Waals surface area contributed by atoms with Crippen LogP contribution in [0.2, 0.25) is 0 Å². The summed E-state index contributed by atoms with van der Waals surface area (Å²) in [5, 5.41) is 0. The van der Waals surface area contributed by atoms with E-state index in [0.717, 1.165) is 29.7 Å². The molecule has 1 heterocycles. The second-order valence-electron chi connectivity index (χ2n) is 5.04. The van der Waals surface area contributed by atoms with Crippen LogP contribution in [0.25, 0.3) is 0 Å². The van der Waals surface area contributed by atoms with Gasteiger partial charge >= 0.3 is 0 Å². The molecule has 0 amide bonds. The van der Waals surface area contributed by atoms with Crippen LogP contribution in [-0.4, -0.2) is 6.54 Å². The summed E-state index contributed by atoms with van der Waals surface area (Å²) in [6.07, 6.45) is 2.34. The molecule has 1 aliphatic rings. The molecule has 3 rings (SSSR count). The van der Waals surface area contributed by atoms with Crippen LogP contribution in [-0.2, 0) is 13.0 Å². The maximum atomic E-state index is 5.87. The van der Waals surface area contributed by atoms with Crippen LogP contribution in [0.1, 0.15) is 17.5 Å². The predicted molar refractivity (Wildman–Crippen MR) is 84.4 cm³/mol. The molecule has 2 N–H and O–H groups in total. The Kier molecular flexibility index (Phi) is 3.47. The molecule has 1 aliphatic heterocycles. The minimum atomic E-state index is 0.865. The van der Waals surface area contributed by atoms with Gasteiger partial charge in [0.15, 0.2) is 0 Å². The molecular formula is C16H17BrN2. The first-order valence-electron chi connectivity index (χ1n) is 6.60. The first-order valence-corrected chi connectivity index (χ1v) is 7.39. The highest BCUT2D eigenvalue weighted by Gasteiger charge is 2.16. The lowest BCUT2D eigenvalue weighted by Crippen LogP contribution is -2.28. The molecule has 2 aromatic rings. The first kappa shape index (κ1) is 12.5. The van der Waals surface area contributed by atoms with E-state index in [1.807, 2.05) is 6.07 Å². The van der Waals surface area contributed by atoms with E-state index in [9.17, 15) is 0 Å². The highest BCUT2D eigenvalue weighted by Crippen LogP contribution is 2.30. The van der Waals surface area contributed by atoms with Gasteiger partial charge in [-0.2, -0.15) is 0 Å². The van der Waals surface area contributed by atoms with Crippen molar-refractivity contribution in [3.63, 3.8) is 0 Å². The standard InChI is InChI=1S/C16H17BrN2/c17-14-5-3-12(4-6-14)11-19-9-1-2-13-10-15(18)7-8-16(13)19/h3-8,10H,1-2,9,11,18H2. The number of rotatable bonds is 2. The van der Waals surface area contributed by atoms with E-state index in [0.29, 0.717) is 0 Å². The van der Waals surface area contributed by atoms with E-state index in [2.05, 4.69) is 57.2 Å². The Morgan fingerprint density at radius 2 is 1.89 bits per heavy atom. The number of anilines is 2. The Bertz CT molecular complexity index is 578. The van der Waals surface area contributed by atoms with Gasteiger partial charge < -0.3 is 10.6 Å². The number of hydrogen-bond donors (Lipinski definition) is 1. The zero-order valence-electron chi connectivity index (χ0n) is 10.8. The van der Waals surface area contributed by atoms with Gasteiger partial charge in [-0.15, -0.1) is 0 Å². The van der Waals surface area contributed by atoms with Crippen LogP contribution in [0.3, 0.4) is 0 Å². The van der Waals surface area contributed by atoms with Crippen LogP contribution in [0.15, 0.2) is 46.9 Å². The smallest absolute Gasteiger partial charge is 0.0429 e. The second kappa shape index (κ2) is 5.25. The molecule has 0 radical (unpaired) electrons. The van der Waals surface area contributed by atoms with Gasteiger partial charge in [0.2, 0.25) is 0 Å². The number of benzene rings is 2. The third-order valence-corrected chi connectivity index (χ3v) is 4.13. The molecule has 0 fully saturated rings. The fourth-order valence-electron chi connectivity index (χ4n) is 2.67. The van der Waals surface area contributed by atoms with E-state index in [1.165, 1.54) is 23.2 Å². The molecule has 19 heavy (non-hydrogen) atoms. The van der Waals surface area contributed by atoms with Crippen LogP contribution in [0, 0.1) is 0 Å². The fourth-order valence-corrected chi connectivity index (χ4v) is 2.93. The zero-order valence-corrected chi connectivity index (χ0v) is 12.4. The number of fused-ring (bicyclic) bond motifs is 1. The average molecular weight is 317 g/mol. The van der Waals surface area contributed by atoms with Crippen LogP contribution in [0.4, 0.5) is 11.4 Å². The molecule has 0 saturated heterocycles. The maximum Gasteiger partial charge on any atom is 0.0429 e. The van der Waals surface area contributed by atoms with Crippen molar-refractivity contribution in [2.24, 2.45) is 0 Å². The Hall–Kier alpha value is -1.48. The highest BCUT2D eigenvalue weighted by molar-refractivity contribution is 9.10. The summed E-state index contributed by atoms with van der Waals surface area (Å²) < 4.78 is 1.13. The minimum absolute atomic E-state index is 0.865. The van der Waals surface area contributed by atoms with Crippen molar-refractivity contribution in [1.29, 1.82) is 0 Å². The largest absolute Gasteiger partial charge is 0.399 e. The number of nitrogens with zero attached hydrogens (tertiary/aromatic N) is 1. The molecule has 98 valence electrons. The molecule has 0 saturated carbocycles. The highest BCUT2D eigenvalue weighted by atomic mass is 79.9. The molecule has 0 unspecified atom stereocenters. The Morgan fingerprint density at radius 3 is 2.68 bits per heavy atom. The van der Waals surface area contributed by atoms with Crippen molar-refractivity contribution in [3.05, 3.63) is 58.1 Å². The van der Waals surface area contributed by atoms with Crippen LogP contribution >= 0.6 is 15.9 Å². The Balaban J connectivity index is 1.85. The van der Waals surface area contributed by atoms with Gasteiger partial charge in [-0.25, -0.2) is 0 Å². The van der Waals surface area contributed by atoms with E-state index in [1.54, 1.807) is 0 Å². The summed E-state index contributed by atoms with van der Waals surface area (Å²) in [5.74, 6) is 0. The Morgan fingerprint density at radius 1 is 1.11 bits per heavy atom. The Labute approximate surface area is 122 Å². The third-order valence-electron chi connectivity index (χ3n) is 3.61. The van der Waals surface area contributed by atoms with E-state index in [4.69, 9.17) is 5.73 Å². The van der Waals surface area contributed by atoms with Gasteiger partial charge in [-0.3, -0.25) is 0 Å². The summed E-state index contributed by atoms with van der Waals surface area (Å²) >= 11 is 3.48. The summed E-state index contributed by atoms with van der Waals surface area (Å²) in [6.45, 7) is 2.08. The van der Waals surface area contributed by atoms with Crippen molar-refractivity contribution in [2.45, 2.75) is 19.4 Å². The summed E-state index contributed by atoms with van der Waals surface area (Å²) in [6, 6.07) is 14.8. The monoisotopic (exact) mass is 316 g/mol. The topological polar surface area (TPSA) is 29.3 Å². The van der Waals surface area contributed by atoms with E-state index < -0.39 is 0 Å². The zero-order chi connectivity index (χ0) is 13.2. The van der Waals surface area contributed by atoms with Crippen molar-refractivity contribution in [3.8, 4) is 0 Å². The molecule has 3 heteroatoms. The molecule has 0 atom stereocenters. The summed E-state index contributed by atoms with van der Waals surface area (Å²) in [7, 11) is 0. The molecule has 0 spiro atoms. The number of aryl methyl sites for hydroxylation is 1. The summed E-state index contributed by atoms with van der Waals surface area (Å²) in [5.41, 5.74) is 10.8. The van der Waals surface area contributed by atoms with Gasteiger partial charge in [0.1, 0.15) is 0 Å². The lowest BCUT2D eigenvalue weighted by Gasteiger charge is -2.31. The SMILES string of the molecule is Nc1ccc2c(c1)CCCN2Cc1ccc(Br)cc1. The molecule has 0 aromatic heterocycles. The van der Waals surface area contributed by atoms with Gasteiger partial charge in [0.25, 0.3) is 0 Å². The molecular weight excluding hydrogens is 300 g/mol. The number of halogens is 1. The van der Waals surface area contributed by atoms with Crippen LogP contribution < -0.4 is 10.6 Å². The van der Waals surface area contributed by atoms with E-state index in [-0.39, 0.29) is 0 Å². The van der Waals surface area contributed by atoms with Crippen molar-refractivity contribution < 1.29 is 0 Å². The lowest BCUT2D eigenvalue weighted by atomic mass is 10.0. The third kappa shape index (κ3) is 2.76. The normalized spacial score (nSPS) is 14.3. The van der Waals surface area contributed by atoms with Gasteiger partial charge in [0, 0.05) is 28.9 Å². The van der Waals surface area contributed by atoms with Crippen molar-refractivity contribution in [2.75, 3.05) is 17.2 Å². The van der Waals surface area contributed by atoms with Crippen molar-refractivity contribution >= 4 is 27.3 Å². The fraction of sp³-hybridized carbons (Fsp3) is 0.250. The van der Waals surface area contributed by atoms with Crippen molar-refractivity contribution in [1.82, 2.24) is 0 Å². The second-order valence-corrected chi connectivity index (χ2v) is 5.96. The molecule has 0 aliphatic carbocycles. The number of nitrogen functional groups attached to an aromatic ring is 1. The van der Waals surface area contributed by atoms with Gasteiger partial charge in [0.05, 0.1) is 0 Å². The first-order chi connectivity index (χ1) is 9.22. The quantitative estimate of drug-likeness (QED) is 0.849. The van der Waals surface area contributed by atoms with Gasteiger partial charge in [-0.1, -0.05) is 28.1 Å². The number of hydrogen-bond acceptors (Lipinski definition) is 2. The molecule has 2 nitrogen and oxygen atoms in total. The predicted octanol–water partition coefficient (Wildman–Crippen LogP) is 3.98.